The number of aliphatic hydroxyl groups is 1. The number of aliphatic hydroxyl groups excluding tert-OH is 1. The number of nitrogens with zero attached hydrogens (tertiary/aromatic N) is 2. The predicted molar refractivity (Wildman–Crippen MR) is 123 cm³/mol. The number of hydrogen-bond acceptors (Lipinski definition) is 9. The molecule has 1 unspecified atom stereocenters. The Bertz CT molecular complexity index is 1280. The molecule has 0 saturated carbocycles. The lowest BCUT2D eigenvalue weighted by molar-refractivity contribution is 0.194. The molecule has 0 aliphatic carbocycles. The monoisotopic (exact) mass is 473 g/mol. The standard InChI is InChI=1S/C21H23N5O6S/c1-11(27)13-10-19(24-23-13)22-14-9-17-12(8-18(14)31-4)21(25-32-17)26-33(28)20-15(29-2)6-5-7-16(20)30-3/h5-11,27H,1-4H3,(H,25,26)(H2,22,23,24)/t11-,33?/m0/s1. The molecule has 0 bridgehead atoms. The Labute approximate surface area is 191 Å². The molecule has 2 aromatic heterocycles. The smallest absolute Gasteiger partial charge is 0.189 e. The maximum absolute atomic E-state index is 13.1. The van der Waals surface area contributed by atoms with Gasteiger partial charge in [0.05, 0.1) is 44.2 Å². The Morgan fingerprint density at radius 3 is 2.39 bits per heavy atom. The number of fused-ring (bicyclic) bond motifs is 1. The van der Waals surface area contributed by atoms with E-state index in [1.165, 1.54) is 21.3 Å². The topological polar surface area (TPSA) is 144 Å². The van der Waals surface area contributed by atoms with Crippen LogP contribution < -0.4 is 24.2 Å². The van der Waals surface area contributed by atoms with Crippen LogP contribution in [0, 0.1) is 0 Å². The van der Waals surface area contributed by atoms with Gasteiger partial charge >= 0.3 is 0 Å². The second-order valence-corrected chi connectivity index (χ2v) is 8.10. The van der Waals surface area contributed by atoms with E-state index >= 15 is 0 Å². The molecule has 11 nitrogen and oxygen atoms in total. The number of rotatable bonds is 9. The summed E-state index contributed by atoms with van der Waals surface area (Å²) in [5.74, 6) is 2.05. The van der Waals surface area contributed by atoms with E-state index in [0.29, 0.717) is 50.3 Å². The predicted octanol–water partition coefficient (Wildman–Crippen LogP) is 3.51. The van der Waals surface area contributed by atoms with Gasteiger partial charge in [-0.05, 0) is 25.1 Å². The summed E-state index contributed by atoms with van der Waals surface area (Å²) in [6.45, 7) is 1.64. The number of ether oxygens (including phenoxy) is 3. The summed E-state index contributed by atoms with van der Waals surface area (Å²) in [6, 6.07) is 10.2. The largest absolute Gasteiger partial charge is 0.495 e. The van der Waals surface area contributed by atoms with E-state index in [1.807, 2.05) is 0 Å². The van der Waals surface area contributed by atoms with Gasteiger partial charge in [-0.1, -0.05) is 11.2 Å². The molecule has 0 fully saturated rings. The summed E-state index contributed by atoms with van der Waals surface area (Å²) in [6.07, 6.45) is -0.678. The van der Waals surface area contributed by atoms with Crippen molar-refractivity contribution in [3.8, 4) is 17.2 Å². The Kier molecular flexibility index (Phi) is 6.38. The number of hydrogen-bond donors (Lipinski definition) is 4. The third-order valence-electron chi connectivity index (χ3n) is 4.86. The van der Waals surface area contributed by atoms with Crippen molar-refractivity contribution in [2.75, 3.05) is 31.4 Å². The first kappa shape index (κ1) is 22.4. The van der Waals surface area contributed by atoms with Crippen LogP contribution in [0.25, 0.3) is 11.0 Å². The van der Waals surface area contributed by atoms with Crippen LogP contribution >= 0.6 is 0 Å². The molecule has 0 saturated heterocycles. The summed E-state index contributed by atoms with van der Waals surface area (Å²) in [4.78, 5) is 0.344. The summed E-state index contributed by atoms with van der Waals surface area (Å²) >= 11 is 0. The Balaban J connectivity index is 1.65. The quantitative estimate of drug-likeness (QED) is 0.287. The lowest BCUT2D eigenvalue weighted by Gasteiger charge is -2.12. The van der Waals surface area contributed by atoms with E-state index in [1.54, 1.807) is 43.3 Å². The third kappa shape index (κ3) is 4.43. The molecule has 2 atom stereocenters. The van der Waals surface area contributed by atoms with Gasteiger partial charge in [0.25, 0.3) is 0 Å². The average molecular weight is 474 g/mol. The van der Waals surface area contributed by atoms with Crippen LogP contribution in [0.4, 0.5) is 17.3 Å². The SMILES string of the molecule is COc1cc2c(NS(=O)c3c(OC)cccc3OC)noc2cc1Nc1cc([C@H](C)O)[nH]n1. The van der Waals surface area contributed by atoms with Crippen LogP contribution in [0.1, 0.15) is 18.7 Å². The first-order valence-electron chi connectivity index (χ1n) is 9.82. The van der Waals surface area contributed by atoms with Gasteiger partial charge in [-0.2, -0.15) is 5.10 Å². The van der Waals surface area contributed by atoms with Crippen molar-refractivity contribution in [3.05, 3.63) is 42.1 Å². The Morgan fingerprint density at radius 2 is 1.79 bits per heavy atom. The minimum absolute atomic E-state index is 0.261. The van der Waals surface area contributed by atoms with Gasteiger partial charge in [0.15, 0.2) is 28.2 Å². The molecule has 174 valence electrons. The van der Waals surface area contributed by atoms with Gasteiger partial charge in [-0.3, -0.25) is 9.82 Å². The molecule has 0 aliphatic heterocycles. The highest BCUT2D eigenvalue weighted by atomic mass is 32.2. The van der Waals surface area contributed by atoms with Crippen LogP contribution in [0.3, 0.4) is 0 Å². The molecule has 4 rings (SSSR count). The third-order valence-corrected chi connectivity index (χ3v) is 6.01. The average Bonchev–Trinajstić information content (AvgIpc) is 3.45. The van der Waals surface area contributed by atoms with Gasteiger partial charge < -0.3 is 29.2 Å². The maximum Gasteiger partial charge on any atom is 0.189 e. The first-order chi connectivity index (χ1) is 15.9. The fourth-order valence-electron chi connectivity index (χ4n) is 3.20. The van der Waals surface area contributed by atoms with Crippen LogP contribution in [-0.4, -0.2) is 46.0 Å². The second kappa shape index (κ2) is 9.38. The fourth-order valence-corrected chi connectivity index (χ4v) is 4.29. The Morgan fingerprint density at radius 1 is 1.09 bits per heavy atom. The molecular weight excluding hydrogens is 450 g/mol. The van der Waals surface area contributed by atoms with Gasteiger partial charge in [-0.15, -0.1) is 0 Å². The van der Waals surface area contributed by atoms with Gasteiger partial charge in [0.2, 0.25) is 0 Å². The van der Waals surface area contributed by atoms with E-state index < -0.39 is 17.1 Å². The molecule has 4 N–H and O–H groups in total. The van der Waals surface area contributed by atoms with Crippen LogP contribution in [0.5, 0.6) is 17.2 Å². The van der Waals surface area contributed by atoms with Crippen LogP contribution in [0.2, 0.25) is 0 Å². The molecule has 0 radical (unpaired) electrons. The van der Waals surface area contributed by atoms with E-state index in [0.717, 1.165) is 0 Å². The van der Waals surface area contributed by atoms with Gasteiger partial charge in [-0.25, -0.2) is 4.21 Å². The summed E-state index contributed by atoms with van der Waals surface area (Å²) in [5, 5.41) is 24.3. The number of benzene rings is 2. The highest BCUT2D eigenvalue weighted by Gasteiger charge is 2.21. The van der Waals surface area contributed by atoms with E-state index in [2.05, 4.69) is 25.4 Å². The molecule has 0 aliphatic rings. The minimum atomic E-state index is -1.76. The van der Waals surface area contributed by atoms with E-state index in [9.17, 15) is 9.32 Å². The van der Waals surface area contributed by atoms with Crippen molar-refractivity contribution < 1.29 is 28.0 Å². The van der Waals surface area contributed by atoms with Crippen molar-refractivity contribution >= 4 is 39.3 Å². The molecule has 33 heavy (non-hydrogen) atoms. The van der Waals surface area contributed by atoms with Crippen molar-refractivity contribution in [3.63, 3.8) is 0 Å². The minimum Gasteiger partial charge on any atom is -0.495 e. The van der Waals surface area contributed by atoms with Crippen molar-refractivity contribution in [1.82, 2.24) is 15.4 Å². The number of nitrogens with one attached hydrogen (secondary N) is 3. The highest BCUT2D eigenvalue weighted by molar-refractivity contribution is 7.86. The van der Waals surface area contributed by atoms with Gasteiger partial charge in [0, 0.05) is 12.1 Å². The maximum atomic E-state index is 13.1. The molecule has 4 aromatic rings. The number of aromatic amines is 1. The van der Waals surface area contributed by atoms with Crippen molar-refractivity contribution in [1.29, 1.82) is 0 Å². The fraction of sp³-hybridized carbons (Fsp3) is 0.238. The number of H-pyrrole nitrogens is 1. The molecule has 0 spiro atoms. The normalized spacial score (nSPS) is 12.9. The second-order valence-electron chi connectivity index (χ2n) is 6.95. The van der Waals surface area contributed by atoms with Gasteiger partial charge in [0.1, 0.15) is 22.1 Å². The Hall–Kier alpha value is -3.77. The number of aromatic nitrogens is 3. The summed E-state index contributed by atoms with van der Waals surface area (Å²) in [5.41, 5.74) is 1.57. The summed E-state index contributed by atoms with van der Waals surface area (Å²) < 4.78 is 37.6. The number of methoxy groups -OCH3 is 3. The summed E-state index contributed by atoms with van der Waals surface area (Å²) in [7, 11) is 2.75. The number of anilines is 3. The lowest BCUT2D eigenvalue weighted by Crippen LogP contribution is -2.08. The molecule has 0 amide bonds. The zero-order valence-corrected chi connectivity index (χ0v) is 19.1. The molecular formula is C21H23N5O6S. The van der Waals surface area contributed by atoms with E-state index in [4.69, 9.17) is 18.7 Å². The van der Waals surface area contributed by atoms with E-state index in [-0.39, 0.29) is 5.82 Å². The zero-order chi connectivity index (χ0) is 23.5. The molecule has 12 heteroatoms. The van der Waals surface area contributed by atoms with Crippen LogP contribution in [-0.2, 0) is 11.0 Å². The molecule has 2 heterocycles. The van der Waals surface area contributed by atoms with Crippen molar-refractivity contribution in [2.24, 2.45) is 0 Å². The van der Waals surface area contributed by atoms with Crippen molar-refractivity contribution in [2.45, 2.75) is 17.9 Å². The highest BCUT2D eigenvalue weighted by Crippen LogP contribution is 2.37. The van der Waals surface area contributed by atoms with Crippen LogP contribution in [0.15, 0.2) is 45.8 Å². The zero-order valence-electron chi connectivity index (χ0n) is 18.3. The first-order valence-corrected chi connectivity index (χ1v) is 11.0. The lowest BCUT2D eigenvalue weighted by atomic mass is 10.2. The molecule has 2 aromatic carbocycles.